The van der Waals surface area contributed by atoms with Gasteiger partial charge in [0.2, 0.25) is 0 Å². The van der Waals surface area contributed by atoms with Crippen molar-refractivity contribution in [1.82, 2.24) is 0 Å². The standard InChI is InChI=1S/C7H13N3/c1-4-3-6(8)10-5(2)7(4)9/h6H,3,8-9H2,1-2H3. The zero-order valence-electron chi connectivity index (χ0n) is 6.39. The third-order valence-corrected chi connectivity index (χ3v) is 1.72. The minimum Gasteiger partial charge on any atom is -0.397 e. The Hall–Kier alpha value is -0.830. The predicted molar refractivity (Wildman–Crippen MR) is 42.6 cm³/mol. The van der Waals surface area contributed by atoms with Crippen LogP contribution in [0.2, 0.25) is 0 Å². The van der Waals surface area contributed by atoms with Gasteiger partial charge >= 0.3 is 0 Å². The molecule has 1 aliphatic heterocycles. The lowest BCUT2D eigenvalue weighted by atomic mass is 10.1. The van der Waals surface area contributed by atoms with Crippen LogP contribution < -0.4 is 11.5 Å². The molecule has 3 heteroatoms. The average molecular weight is 139 g/mol. The number of dihydropyridines is 1. The first kappa shape index (κ1) is 7.28. The van der Waals surface area contributed by atoms with E-state index in [4.69, 9.17) is 11.5 Å². The van der Waals surface area contributed by atoms with Crippen LogP contribution in [0.3, 0.4) is 0 Å². The summed E-state index contributed by atoms with van der Waals surface area (Å²) < 4.78 is 0. The highest BCUT2D eigenvalue weighted by Crippen LogP contribution is 2.13. The van der Waals surface area contributed by atoms with Crippen LogP contribution in [-0.2, 0) is 0 Å². The Labute approximate surface area is 60.8 Å². The molecule has 1 unspecified atom stereocenters. The molecule has 0 aromatic carbocycles. The average Bonchev–Trinajstić information content (AvgIpc) is 1.82. The molecule has 0 bridgehead atoms. The third-order valence-electron chi connectivity index (χ3n) is 1.72. The second-order valence-corrected chi connectivity index (χ2v) is 2.68. The zero-order valence-corrected chi connectivity index (χ0v) is 6.39. The van der Waals surface area contributed by atoms with Crippen molar-refractivity contribution in [2.75, 3.05) is 0 Å². The quantitative estimate of drug-likeness (QED) is 0.509. The minimum atomic E-state index is -0.0766. The van der Waals surface area contributed by atoms with Gasteiger partial charge in [0.25, 0.3) is 0 Å². The van der Waals surface area contributed by atoms with Gasteiger partial charge in [-0.15, -0.1) is 0 Å². The lowest BCUT2D eigenvalue weighted by molar-refractivity contribution is 0.684. The molecule has 0 saturated heterocycles. The molecule has 0 aromatic rings. The number of rotatable bonds is 0. The van der Waals surface area contributed by atoms with Gasteiger partial charge in [0, 0.05) is 6.42 Å². The molecule has 56 valence electrons. The molecule has 3 nitrogen and oxygen atoms in total. The fourth-order valence-electron chi connectivity index (χ4n) is 1.10. The summed E-state index contributed by atoms with van der Waals surface area (Å²) in [6, 6.07) is 0. The van der Waals surface area contributed by atoms with E-state index in [1.807, 2.05) is 13.8 Å². The molecule has 1 atom stereocenters. The first-order valence-electron chi connectivity index (χ1n) is 3.37. The second-order valence-electron chi connectivity index (χ2n) is 2.68. The van der Waals surface area contributed by atoms with Gasteiger partial charge in [0.15, 0.2) is 0 Å². The Morgan fingerprint density at radius 3 is 2.60 bits per heavy atom. The maximum atomic E-state index is 5.68. The molecule has 0 saturated carbocycles. The fraction of sp³-hybridized carbons (Fsp3) is 0.571. The third kappa shape index (κ3) is 1.19. The van der Waals surface area contributed by atoms with Crippen molar-refractivity contribution in [3.8, 4) is 0 Å². The smallest absolute Gasteiger partial charge is 0.101 e. The summed E-state index contributed by atoms with van der Waals surface area (Å²) in [6.45, 7) is 3.88. The van der Waals surface area contributed by atoms with E-state index in [0.717, 1.165) is 23.4 Å². The van der Waals surface area contributed by atoms with E-state index in [-0.39, 0.29) is 6.17 Å². The van der Waals surface area contributed by atoms with Crippen molar-refractivity contribution in [2.45, 2.75) is 26.4 Å². The Kier molecular flexibility index (Phi) is 1.76. The van der Waals surface area contributed by atoms with Crippen LogP contribution in [0.4, 0.5) is 0 Å². The molecule has 0 spiro atoms. The van der Waals surface area contributed by atoms with E-state index in [0.29, 0.717) is 0 Å². The normalized spacial score (nSPS) is 26.7. The molecule has 0 aromatic heterocycles. The van der Waals surface area contributed by atoms with E-state index in [1.54, 1.807) is 0 Å². The first-order valence-corrected chi connectivity index (χ1v) is 3.37. The minimum absolute atomic E-state index is 0.0766. The molecule has 4 N–H and O–H groups in total. The highest BCUT2D eigenvalue weighted by Gasteiger charge is 2.12. The zero-order chi connectivity index (χ0) is 7.72. The van der Waals surface area contributed by atoms with Crippen molar-refractivity contribution in [2.24, 2.45) is 16.5 Å². The van der Waals surface area contributed by atoms with Gasteiger partial charge in [-0.05, 0) is 19.4 Å². The number of nitrogens with zero attached hydrogens (tertiary/aromatic N) is 1. The molecule has 10 heavy (non-hydrogen) atoms. The first-order chi connectivity index (χ1) is 4.61. The summed E-state index contributed by atoms with van der Waals surface area (Å²) in [6.07, 6.45) is 0.718. The Morgan fingerprint density at radius 1 is 1.50 bits per heavy atom. The Bertz CT molecular complexity index is 203. The summed E-state index contributed by atoms with van der Waals surface area (Å²) in [5.41, 5.74) is 14.1. The number of aliphatic imine (C=N–C) groups is 1. The molecule has 0 radical (unpaired) electrons. The maximum absolute atomic E-state index is 5.68. The van der Waals surface area contributed by atoms with E-state index in [2.05, 4.69) is 4.99 Å². The molecular weight excluding hydrogens is 126 g/mol. The lowest BCUT2D eigenvalue weighted by Crippen LogP contribution is -2.27. The van der Waals surface area contributed by atoms with Gasteiger partial charge in [-0.2, -0.15) is 0 Å². The van der Waals surface area contributed by atoms with Crippen LogP contribution in [0.25, 0.3) is 0 Å². The van der Waals surface area contributed by atoms with Gasteiger partial charge in [-0.25, -0.2) is 0 Å². The van der Waals surface area contributed by atoms with E-state index in [1.165, 1.54) is 0 Å². The van der Waals surface area contributed by atoms with Gasteiger partial charge in [0.1, 0.15) is 6.17 Å². The topological polar surface area (TPSA) is 64.4 Å². The molecule has 0 fully saturated rings. The number of nitrogens with two attached hydrogens (primary N) is 2. The van der Waals surface area contributed by atoms with Gasteiger partial charge in [0.05, 0.1) is 11.4 Å². The largest absolute Gasteiger partial charge is 0.397 e. The van der Waals surface area contributed by atoms with Crippen molar-refractivity contribution < 1.29 is 0 Å². The van der Waals surface area contributed by atoms with Gasteiger partial charge in [-0.1, -0.05) is 0 Å². The molecule has 1 aliphatic rings. The lowest BCUT2D eigenvalue weighted by Gasteiger charge is -2.17. The van der Waals surface area contributed by atoms with Crippen LogP contribution >= 0.6 is 0 Å². The summed E-state index contributed by atoms with van der Waals surface area (Å²) in [5.74, 6) is 0. The summed E-state index contributed by atoms with van der Waals surface area (Å²) in [5, 5.41) is 0. The Balaban J connectivity index is 2.90. The highest BCUT2D eigenvalue weighted by atomic mass is 15.0. The van der Waals surface area contributed by atoms with Crippen LogP contribution in [0.1, 0.15) is 20.3 Å². The fourth-order valence-corrected chi connectivity index (χ4v) is 1.10. The summed E-state index contributed by atoms with van der Waals surface area (Å²) >= 11 is 0. The van der Waals surface area contributed by atoms with Crippen LogP contribution in [0.15, 0.2) is 16.3 Å². The van der Waals surface area contributed by atoms with Crippen molar-refractivity contribution in [3.05, 3.63) is 11.3 Å². The number of allylic oxidation sites excluding steroid dienone is 1. The molecule has 1 heterocycles. The molecular formula is C7H13N3. The van der Waals surface area contributed by atoms with Crippen molar-refractivity contribution >= 4 is 5.71 Å². The number of hydrogen-bond donors (Lipinski definition) is 2. The van der Waals surface area contributed by atoms with Crippen LogP contribution in [0, 0.1) is 0 Å². The summed E-state index contributed by atoms with van der Waals surface area (Å²) in [4.78, 5) is 4.13. The maximum Gasteiger partial charge on any atom is 0.101 e. The van der Waals surface area contributed by atoms with Crippen molar-refractivity contribution in [1.29, 1.82) is 0 Å². The van der Waals surface area contributed by atoms with E-state index < -0.39 is 0 Å². The molecule has 1 rings (SSSR count). The second kappa shape index (κ2) is 2.42. The Morgan fingerprint density at radius 2 is 2.10 bits per heavy atom. The monoisotopic (exact) mass is 139 g/mol. The van der Waals surface area contributed by atoms with E-state index >= 15 is 0 Å². The molecule has 0 amide bonds. The SMILES string of the molecule is CC1=NC(N)CC(C)=C1N. The van der Waals surface area contributed by atoms with Crippen LogP contribution in [-0.4, -0.2) is 11.9 Å². The van der Waals surface area contributed by atoms with Crippen molar-refractivity contribution in [3.63, 3.8) is 0 Å². The molecule has 0 aliphatic carbocycles. The van der Waals surface area contributed by atoms with E-state index in [9.17, 15) is 0 Å². The predicted octanol–water partition coefficient (Wildman–Crippen LogP) is 0.369. The highest BCUT2D eigenvalue weighted by molar-refractivity contribution is 5.98. The summed E-state index contributed by atoms with van der Waals surface area (Å²) in [7, 11) is 0. The van der Waals surface area contributed by atoms with Gasteiger partial charge in [-0.3, -0.25) is 4.99 Å². The van der Waals surface area contributed by atoms with Crippen LogP contribution in [0.5, 0.6) is 0 Å². The number of hydrogen-bond acceptors (Lipinski definition) is 3. The van der Waals surface area contributed by atoms with Gasteiger partial charge < -0.3 is 11.5 Å².